The number of anilines is 1. The molecule has 1 aliphatic rings. The molecule has 0 radical (unpaired) electrons. The zero-order valence-corrected chi connectivity index (χ0v) is 15.3. The van der Waals surface area contributed by atoms with Crippen LogP contribution >= 0.6 is 35.0 Å². The largest absolute Gasteiger partial charge is 0.480 e. The summed E-state index contributed by atoms with van der Waals surface area (Å²) in [5, 5.41) is 11.2. The third-order valence-corrected chi connectivity index (χ3v) is 5.44. The van der Waals surface area contributed by atoms with Gasteiger partial charge in [0, 0.05) is 19.1 Å². The molecule has 3 amide bonds. The van der Waals surface area contributed by atoms with Crippen LogP contribution in [0, 0.1) is 0 Å². The number of nitrogens with one attached hydrogen (secondary N) is 1. The van der Waals surface area contributed by atoms with E-state index >= 15 is 0 Å². The lowest BCUT2D eigenvalue weighted by Gasteiger charge is -2.17. The first-order valence-corrected chi connectivity index (χ1v) is 8.94. The van der Waals surface area contributed by atoms with Gasteiger partial charge < -0.3 is 10.4 Å². The summed E-state index contributed by atoms with van der Waals surface area (Å²) in [6, 6.07) is 3.28. The maximum absolute atomic E-state index is 12.5. The molecule has 1 aromatic carbocycles. The van der Waals surface area contributed by atoms with Crippen molar-refractivity contribution >= 4 is 64.3 Å². The van der Waals surface area contributed by atoms with Crippen LogP contribution in [0.25, 0.3) is 0 Å². The molecule has 2 N–H and O–H groups in total. The Morgan fingerprint density at radius 1 is 1.36 bits per heavy atom. The van der Waals surface area contributed by atoms with Crippen molar-refractivity contribution in [2.24, 2.45) is 0 Å². The van der Waals surface area contributed by atoms with E-state index in [2.05, 4.69) is 5.32 Å². The van der Waals surface area contributed by atoms with Crippen molar-refractivity contribution in [1.82, 2.24) is 5.32 Å². The van der Waals surface area contributed by atoms with Crippen LogP contribution in [0.15, 0.2) is 18.2 Å². The molecule has 0 aliphatic carbocycles. The molecular weight excluding hydrogens is 391 g/mol. The molecule has 1 heterocycles. The molecule has 0 aromatic heterocycles. The van der Waals surface area contributed by atoms with Crippen LogP contribution in [0.1, 0.15) is 13.3 Å². The molecular formula is C15H14Cl2N2O5S. The fraction of sp³-hybridized carbons (Fsp3) is 0.333. The predicted octanol–water partition coefficient (Wildman–Crippen LogP) is 1.95. The second kappa shape index (κ2) is 8.07. The van der Waals surface area contributed by atoms with Gasteiger partial charge in [-0.1, -0.05) is 23.2 Å². The summed E-state index contributed by atoms with van der Waals surface area (Å²) in [4.78, 5) is 47.8. The molecule has 1 fully saturated rings. The monoisotopic (exact) mass is 404 g/mol. The van der Waals surface area contributed by atoms with Crippen molar-refractivity contribution in [3.63, 3.8) is 0 Å². The Labute approximate surface area is 157 Å². The normalized spacial score (nSPS) is 18.4. The summed E-state index contributed by atoms with van der Waals surface area (Å²) in [6.45, 7) is 1.21. The van der Waals surface area contributed by atoms with Gasteiger partial charge in [-0.05, 0) is 18.2 Å². The highest BCUT2D eigenvalue weighted by atomic mass is 35.5. The maximum Gasteiger partial charge on any atom is 0.327 e. The minimum Gasteiger partial charge on any atom is -0.480 e. The number of imide groups is 1. The number of hydrogen-bond acceptors (Lipinski definition) is 5. The van der Waals surface area contributed by atoms with E-state index in [-0.39, 0.29) is 17.2 Å². The number of amides is 3. The Balaban J connectivity index is 2.08. The predicted molar refractivity (Wildman–Crippen MR) is 95.1 cm³/mol. The number of benzene rings is 1. The van der Waals surface area contributed by atoms with Gasteiger partial charge in [0.15, 0.2) is 0 Å². The smallest absolute Gasteiger partial charge is 0.327 e. The number of thioether (sulfide) groups is 1. The Morgan fingerprint density at radius 3 is 2.60 bits per heavy atom. The molecule has 25 heavy (non-hydrogen) atoms. The number of carboxylic acids is 1. The standard InChI is InChI=1S/C15H14Cl2N2O5S/c1-7(20)18-11(15(23)24)6-25-12-5-13(21)19(14(12)22)8-2-3-9(16)10(17)4-8/h2-4,11-12H,5-6H2,1H3,(H,18,20)(H,23,24)/t11-,12-/m1/s1. The summed E-state index contributed by atoms with van der Waals surface area (Å²) in [6.07, 6.45) is -0.0594. The number of carbonyl (C=O) groups is 4. The fourth-order valence-corrected chi connectivity index (χ4v) is 3.71. The Morgan fingerprint density at radius 2 is 2.04 bits per heavy atom. The first-order valence-electron chi connectivity index (χ1n) is 7.14. The number of carboxylic acid groups (broad SMARTS) is 1. The highest BCUT2D eigenvalue weighted by Gasteiger charge is 2.40. The van der Waals surface area contributed by atoms with Crippen LogP contribution < -0.4 is 10.2 Å². The van der Waals surface area contributed by atoms with Crippen molar-refractivity contribution in [1.29, 1.82) is 0 Å². The number of rotatable bonds is 6. The van der Waals surface area contributed by atoms with Gasteiger partial charge in [0.2, 0.25) is 17.7 Å². The van der Waals surface area contributed by atoms with Gasteiger partial charge >= 0.3 is 5.97 Å². The van der Waals surface area contributed by atoms with Crippen LogP contribution in [0.5, 0.6) is 0 Å². The lowest BCUT2D eigenvalue weighted by atomic mass is 10.3. The average Bonchev–Trinajstić information content (AvgIpc) is 2.80. The van der Waals surface area contributed by atoms with Crippen LogP contribution in [-0.4, -0.2) is 45.8 Å². The molecule has 1 aliphatic heterocycles. The third kappa shape index (κ3) is 4.65. The molecule has 10 heteroatoms. The van der Waals surface area contributed by atoms with Crippen LogP contribution in [-0.2, 0) is 19.2 Å². The summed E-state index contributed by atoms with van der Waals surface area (Å²) in [7, 11) is 0. The molecule has 0 saturated carbocycles. The average molecular weight is 405 g/mol. The topological polar surface area (TPSA) is 104 Å². The SMILES string of the molecule is CC(=O)N[C@H](CS[C@@H]1CC(=O)N(c2ccc(Cl)c(Cl)c2)C1=O)C(=O)O. The van der Waals surface area contributed by atoms with E-state index in [0.717, 1.165) is 16.7 Å². The number of carbonyl (C=O) groups excluding carboxylic acids is 3. The molecule has 1 aromatic rings. The lowest BCUT2D eigenvalue weighted by molar-refractivity contribution is -0.140. The van der Waals surface area contributed by atoms with Gasteiger partial charge in [-0.25, -0.2) is 9.69 Å². The number of aliphatic carboxylic acids is 1. The Kier molecular flexibility index (Phi) is 6.31. The highest BCUT2D eigenvalue weighted by molar-refractivity contribution is 8.00. The van der Waals surface area contributed by atoms with Gasteiger partial charge in [-0.2, -0.15) is 0 Å². The zero-order valence-electron chi connectivity index (χ0n) is 13.0. The van der Waals surface area contributed by atoms with Crippen molar-refractivity contribution in [2.45, 2.75) is 24.6 Å². The van der Waals surface area contributed by atoms with Crippen LogP contribution in [0.3, 0.4) is 0 Å². The molecule has 0 bridgehead atoms. The minimum absolute atomic E-state index is 0.0339. The van der Waals surface area contributed by atoms with Crippen molar-refractivity contribution < 1.29 is 24.3 Å². The first kappa shape index (κ1) is 19.6. The van der Waals surface area contributed by atoms with E-state index in [1.807, 2.05) is 0 Å². The second-order valence-corrected chi connectivity index (χ2v) is 7.33. The fourth-order valence-electron chi connectivity index (χ4n) is 2.26. The van der Waals surface area contributed by atoms with Gasteiger partial charge in [-0.15, -0.1) is 11.8 Å². The molecule has 1 saturated heterocycles. The van der Waals surface area contributed by atoms with E-state index in [9.17, 15) is 19.2 Å². The number of halogens is 2. The second-order valence-electron chi connectivity index (χ2n) is 5.28. The Bertz CT molecular complexity index is 743. The van der Waals surface area contributed by atoms with Gasteiger partial charge in [0.25, 0.3) is 0 Å². The van der Waals surface area contributed by atoms with Crippen LogP contribution in [0.4, 0.5) is 5.69 Å². The van der Waals surface area contributed by atoms with E-state index in [1.165, 1.54) is 25.1 Å². The minimum atomic E-state index is -1.21. The third-order valence-electron chi connectivity index (χ3n) is 3.41. The summed E-state index contributed by atoms with van der Waals surface area (Å²) in [5.41, 5.74) is 0.309. The highest BCUT2D eigenvalue weighted by Crippen LogP contribution is 2.33. The Hall–Kier alpha value is -1.77. The maximum atomic E-state index is 12.5. The van der Waals surface area contributed by atoms with Crippen molar-refractivity contribution in [3.05, 3.63) is 28.2 Å². The quantitative estimate of drug-likeness (QED) is 0.702. The number of hydrogen-bond donors (Lipinski definition) is 2. The van der Waals surface area contributed by atoms with Gasteiger partial charge in [0.1, 0.15) is 6.04 Å². The van der Waals surface area contributed by atoms with E-state index in [4.69, 9.17) is 28.3 Å². The van der Waals surface area contributed by atoms with E-state index in [1.54, 1.807) is 0 Å². The zero-order chi connectivity index (χ0) is 18.7. The summed E-state index contributed by atoms with van der Waals surface area (Å²) < 4.78 is 0. The van der Waals surface area contributed by atoms with Crippen LogP contribution in [0.2, 0.25) is 10.0 Å². The van der Waals surface area contributed by atoms with Gasteiger partial charge in [0.05, 0.1) is 21.0 Å². The summed E-state index contributed by atoms with van der Waals surface area (Å²) >= 11 is 12.8. The lowest BCUT2D eigenvalue weighted by Crippen LogP contribution is -2.42. The van der Waals surface area contributed by atoms with Crippen molar-refractivity contribution in [3.8, 4) is 0 Å². The van der Waals surface area contributed by atoms with Gasteiger partial charge in [-0.3, -0.25) is 14.4 Å². The molecule has 7 nitrogen and oxygen atoms in total. The number of nitrogens with zero attached hydrogens (tertiary/aromatic N) is 1. The molecule has 2 rings (SSSR count). The van der Waals surface area contributed by atoms with E-state index in [0.29, 0.717) is 10.7 Å². The molecule has 0 spiro atoms. The van der Waals surface area contributed by atoms with Crippen molar-refractivity contribution in [2.75, 3.05) is 10.7 Å². The molecule has 134 valence electrons. The first-order chi connectivity index (χ1) is 11.7. The molecule has 2 atom stereocenters. The van der Waals surface area contributed by atoms with E-state index < -0.39 is 35.0 Å². The summed E-state index contributed by atoms with van der Waals surface area (Å²) in [5.74, 6) is -2.60. The molecule has 0 unspecified atom stereocenters.